The third kappa shape index (κ3) is 1.16. The van der Waals surface area contributed by atoms with E-state index in [4.69, 9.17) is 13.6 Å². The lowest BCUT2D eigenvalue weighted by Gasteiger charge is -2.21. The van der Waals surface area contributed by atoms with E-state index in [1.807, 2.05) is 6.92 Å². The molecule has 1 fully saturated rings. The lowest BCUT2D eigenvalue weighted by Crippen LogP contribution is -2.28. The summed E-state index contributed by atoms with van der Waals surface area (Å²) in [4.78, 5) is 10.7. The quantitative estimate of drug-likeness (QED) is 0.461. The summed E-state index contributed by atoms with van der Waals surface area (Å²) in [6.07, 6.45) is 0.890. The largest absolute Gasteiger partial charge is 0.327 e. The molecule has 2 atom stereocenters. The standard InChI is InChI=1S/C6H10BNO/c1-6(7)3-4(9)2-5(6)8/h5H,2-3,8H2,1H3. The Kier molecular flexibility index (Phi) is 1.39. The van der Waals surface area contributed by atoms with Gasteiger partial charge in [0.05, 0.1) is 7.85 Å². The number of hydrogen-bond donors (Lipinski definition) is 1. The molecular weight excluding hydrogens is 113 g/mol. The summed E-state index contributed by atoms with van der Waals surface area (Å²) in [5.74, 6) is 0.188. The number of hydrogen-bond acceptors (Lipinski definition) is 2. The van der Waals surface area contributed by atoms with Gasteiger partial charge in [0.25, 0.3) is 0 Å². The zero-order chi connectivity index (χ0) is 7.07. The summed E-state index contributed by atoms with van der Waals surface area (Å²) in [5, 5.41) is -0.447. The van der Waals surface area contributed by atoms with Crippen LogP contribution in [0.3, 0.4) is 0 Å². The van der Waals surface area contributed by atoms with E-state index in [2.05, 4.69) is 0 Å². The predicted molar refractivity (Wildman–Crippen MR) is 36.3 cm³/mol. The molecule has 2 unspecified atom stereocenters. The highest BCUT2D eigenvalue weighted by Gasteiger charge is 2.36. The maximum atomic E-state index is 10.7. The van der Waals surface area contributed by atoms with Crippen molar-refractivity contribution in [1.29, 1.82) is 0 Å². The summed E-state index contributed by atoms with van der Waals surface area (Å²) in [6.45, 7) is 1.82. The van der Waals surface area contributed by atoms with Crippen molar-refractivity contribution in [2.45, 2.75) is 31.1 Å². The van der Waals surface area contributed by atoms with E-state index in [9.17, 15) is 4.79 Å². The number of carbonyl (C=O) groups excluding carboxylic acids is 1. The highest BCUT2D eigenvalue weighted by atomic mass is 16.1. The predicted octanol–water partition coefficient (Wildman–Crippen LogP) is 0.0237. The van der Waals surface area contributed by atoms with Crippen molar-refractivity contribution < 1.29 is 4.79 Å². The molecule has 1 aliphatic rings. The van der Waals surface area contributed by atoms with E-state index >= 15 is 0 Å². The van der Waals surface area contributed by atoms with E-state index in [-0.39, 0.29) is 11.8 Å². The Hall–Kier alpha value is -0.305. The Morgan fingerprint density at radius 3 is 2.56 bits per heavy atom. The molecule has 2 radical (unpaired) electrons. The maximum absolute atomic E-state index is 10.7. The van der Waals surface area contributed by atoms with Gasteiger partial charge in [0.2, 0.25) is 0 Å². The molecule has 1 saturated carbocycles. The van der Waals surface area contributed by atoms with Gasteiger partial charge in [-0.3, -0.25) is 4.79 Å². The van der Waals surface area contributed by atoms with Gasteiger partial charge in [-0.2, -0.15) is 0 Å². The lowest BCUT2D eigenvalue weighted by molar-refractivity contribution is -0.117. The second-order valence-corrected chi connectivity index (χ2v) is 3.03. The van der Waals surface area contributed by atoms with E-state index in [0.717, 1.165) is 0 Å². The molecule has 1 rings (SSSR count). The summed E-state index contributed by atoms with van der Waals surface area (Å²) in [6, 6.07) is -0.134. The molecule has 0 aromatic heterocycles. The Bertz CT molecular complexity index is 144. The zero-order valence-corrected chi connectivity index (χ0v) is 5.55. The molecule has 3 heteroatoms. The van der Waals surface area contributed by atoms with Crippen LogP contribution in [0.15, 0.2) is 0 Å². The van der Waals surface area contributed by atoms with Crippen molar-refractivity contribution >= 4 is 13.6 Å². The minimum absolute atomic E-state index is 0.134. The number of nitrogens with two attached hydrogens (primary N) is 1. The summed E-state index contributed by atoms with van der Waals surface area (Å²) >= 11 is 0. The monoisotopic (exact) mass is 123 g/mol. The first-order valence-corrected chi connectivity index (χ1v) is 3.08. The molecule has 0 aromatic rings. The molecule has 1 aliphatic carbocycles. The number of Topliss-reactive ketones (excluding diaryl/α,β-unsaturated/α-hetero) is 1. The second kappa shape index (κ2) is 1.84. The molecule has 2 N–H and O–H groups in total. The van der Waals surface area contributed by atoms with Gasteiger partial charge in [0.1, 0.15) is 5.78 Å². The van der Waals surface area contributed by atoms with Crippen molar-refractivity contribution in [3.8, 4) is 0 Å². The van der Waals surface area contributed by atoms with Gasteiger partial charge in [-0.15, -0.1) is 0 Å². The van der Waals surface area contributed by atoms with E-state index < -0.39 is 5.31 Å². The third-order valence-corrected chi connectivity index (χ3v) is 1.87. The van der Waals surface area contributed by atoms with Crippen molar-refractivity contribution in [3.63, 3.8) is 0 Å². The summed E-state index contributed by atoms with van der Waals surface area (Å²) in [7, 11) is 5.67. The molecule has 48 valence electrons. The highest BCUT2D eigenvalue weighted by molar-refractivity contribution is 6.18. The molecule has 0 heterocycles. The fourth-order valence-electron chi connectivity index (χ4n) is 1.11. The molecule has 0 saturated heterocycles. The molecule has 0 bridgehead atoms. The first kappa shape index (κ1) is 6.81. The molecule has 0 spiro atoms. The maximum Gasteiger partial charge on any atom is 0.134 e. The Labute approximate surface area is 56.2 Å². The first-order chi connectivity index (χ1) is 4.02. The van der Waals surface area contributed by atoms with E-state index in [0.29, 0.717) is 12.8 Å². The highest BCUT2D eigenvalue weighted by Crippen LogP contribution is 2.37. The minimum Gasteiger partial charge on any atom is -0.327 e. The van der Waals surface area contributed by atoms with E-state index in [1.54, 1.807) is 0 Å². The van der Waals surface area contributed by atoms with Gasteiger partial charge in [0.15, 0.2) is 0 Å². The van der Waals surface area contributed by atoms with Crippen LogP contribution in [0, 0.1) is 0 Å². The van der Waals surface area contributed by atoms with Crippen LogP contribution in [-0.4, -0.2) is 19.7 Å². The third-order valence-electron chi connectivity index (χ3n) is 1.87. The van der Waals surface area contributed by atoms with E-state index in [1.165, 1.54) is 0 Å². The summed E-state index contributed by atoms with van der Waals surface area (Å²) < 4.78 is 0. The smallest absolute Gasteiger partial charge is 0.134 e. The van der Waals surface area contributed by atoms with Gasteiger partial charge < -0.3 is 5.73 Å². The van der Waals surface area contributed by atoms with Gasteiger partial charge in [-0.1, -0.05) is 6.92 Å². The number of carbonyl (C=O) groups is 1. The molecular formula is C6H10BNO. The molecule has 0 aliphatic heterocycles. The van der Waals surface area contributed by atoms with Crippen LogP contribution in [0.5, 0.6) is 0 Å². The lowest BCUT2D eigenvalue weighted by atomic mass is 9.67. The molecule has 9 heavy (non-hydrogen) atoms. The Balaban J connectivity index is 2.69. The Morgan fingerprint density at radius 1 is 1.89 bits per heavy atom. The van der Waals surface area contributed by atoms with Crippen LogP contribution in [0.2, 0.25) is 5.31 Å². The van der Waals surface area contributed by atoms with Crippen LogP contribution in [0.25, 0.3) is 0 Å². The summed E-state index contributed by atoms with van der Waals surface area (Å²) in [5.41, 5.74) is 5.56. The minimum atomic E-state index is -0.447. The van der Waals surface area contributed by atoms with Crippen molar-refractivity contribution in [2.75, 3.05) is 0 Å². The van der Waals surface area contributed by atoms with Crippen LogP contribution in [-0.2, 0) is 4.79 Å². The van der Waals surface area contributed by atoms with Crippen LogP contribution in [0.1, 0.15) is 19.8 Å². The number of rotatable bonds is 0. The van der Waals surface area contributed by atoms with Crippen LogP contribution < -0.4 is 5.73 Å². The van der Waals surface area contributed by atoms with Crippen LogP contribution in [0.4, 0.5) is 0 Å². The van der Waals surface area contributed by atoms with Crippen molar-refractivity contribution in [2.24, 2.45) is 5.73 Å². The molecule has 2 nitrogen and oxygen atoms in total. The average Bonchev–Trinajstić information content (AvgIpc) is 1.79. The van der Waals surface area contributed by atoms with Crippen LogP contribution >= 0.6 is 0 Å². The molecule has 0 amide bonds. The fraction of sp³-hybridized carbons (Fsp3) is 0.833. The average molecular weight is 123 g/mol. The van der Waals surface area contributed by atoms with Crippen molar-refractivity contribution in [1.82, 2.24) is 0 Å². The normalized spacial score (nSPS) is 43.8. The zero-order valence-electron chi connectivity index (χ0n) is 5.55. The first-order valence-electron chi connectivity index (χ1n) is 3.08. The second-order valence-electron chi connectivity index (χ2n) is 3.03. The van der Waals surface area contributed by atoms with Gasteiger partial charge >= 0.3 is 0 Å². The Morgan fingerprint density at radius 2 is 2.44 bits per heavy atom. The van der Waals surface area contributed by atoms with Gasteiger partial charge in [-0.25, -0.2) is 0 Å². The molecule has 0 aromatic carbocycles. The van der Waals surface area contributed by atoms with Gasteiger partial charge in [0, 0.05) is 18.9 Å². The number of ketones is 1. The SMILES string of the molecule is [B]C1(C)CC(=O)CC1N. The van der Waals surface area contributed by atoms with Gasteiger partial charge in [-0.05, 0) is 5.31 Å². The fourth-order valence-corrected chi connectivity index (χ4v) is 1.11. The van der Waals surface area contributed by atoms with Crippen molar-refractivity contribution in [3.05, 3.63) is 0 Å². The topological polar surface area (TPSA) is 43.1 Å².